The molecule has 4 nitrogen and oxygen atoms in total. The van der Waals surface area contributed by atoms with Crippen molar-refractivity contribution < 1.29 is 9.84 Å². The molecule has 160 valence electrons. The van der Waals surface area contributed by atoms with Gasteiger partial charge in [0.2, 0.25) is 0 Å². The summed E-state index contributed by atoms with van der Waals surface area (Å²) in [6.07, 6.45) is 5.30. The van der Waals surface area contributed by atoms with Gasteiger partial charge in [-0.1, -0.05) is 36.8 Å². The van der Waals surface area contributed by atoms with Gasteiger partial charge < -0.3 is 9.84 Å². The van der Waals surface area contributed by atoms with E-state index in [-0.39, 0.29) is 30.9 Å². The van der Waals surface area contributed by atoms with Crippen molar-refractivity contribution in [3.05, 3.63) is 35.9 Å². The minimum atomic E-state index is -0.353. The summed E-state index contributed by atoms with van der Waals surface area (Å²) in [7, 11) is 0. The average molecular weight is 431 g/mol. The van der Waals surface area contributed by atoms with Gasteiger partial charge in [0.25, 0.3) is 0 Å². The SMILES string of the molecule is Cl.Cl.OC(COCC1CC2CCC1C2)CN1CCN(Cc2ccccc2)CC1. The molecule has 1 saturated heterocycles. The highest BCUT2D eigenvalue weighted by Gasteiger charge is 2.39. The number of hydrogen-bond acceptors (Lipinski definition) is 4. The number of hydrogen-bond donors (Lipinski definition) is 1. The summed E-state index contributed by atoms with van der Waals surface area (Å²) < 4.78 is 5.89. The van der Waals surface area contributed by atoms with Gasteiger partial charge in [0.05, 0.1) is 12.7 Å². The van der Waals surface area contributed by atoms with Crippen LogP contribution in [0.25, 0.3) is 0 Å². The number of aliphatic hydroxyl groups is 1. The molecule has 1 aromatic carbocycles. The Hall–Kier alpha value is -0.360. The zero-order chi connectivity index (χ0) is 17.8. The number of ether oxygens (including phenoxy) is 1. The van der Waals surface area contributed by atoms with Gasteiger partial charge in [-0.05, 0) is 42.6 Å². The van der Waals surface area contributed by atoms with E-state index < -0.39 is 0 Å². The molecule has 4 unspecified atom stereocenters. The van der Waals surface area contributed by atoms with Gasteiger partial charge in [0.1, 0.15) is 0 Å². The normalized spacial score (nSPS) is 28.5. The lowest BCUT2D eigenvalue weighted by molar-refractivity contribution is -0.00897. The van der Waals surface area contributed by atoms with E-state index in [0.717, 1.165) is 63.6 Å². The van der Waals surface area contributed by atoms with E-state index in [4.69, 9.17) is 4.74 Å². The lowest BCUT2D eigenvalue weighted by Gasteiger charge is -2.35. The predicted molar refractivity (Wildman–Crippen MR) is 118 cm³/mol. The zero-order valence-corrected chi connectivity index (χ0v) is 18.4. The average Bonchev–Trinajstić information content (AvgIpc) is 3.27. The van der Waals surface area contributed by atoms with Gasteiger partial charge in [-0.2, -0.15) is 0 Å². The van der Waals surface area contributed by atoms with Gasteiger partial charge in [-0.15, -0.1) is 24.8 Å². The monoisotopic (exact) mass is 430 g/mol. The highest BCUT2D eigenvalue weighted by Crippen LogP contribution is 2.48. The number of benzene rings is 1. The summed E-state index contributed by atoms with van der Waals surface area (Å²) >= 11 is 0. The molecule has 0 radical (unpaired) electrons. The number of nitrogens with zero attached hydrogens (tertiary/aromatic N) is 2. The fourth-order valence-corrected chi connectivity index (χ4v) is 5.26. The summed E-state index contributed by atoms with van der Waals surface area (Å²) in [6, 6.07) is 10.7. The van der Waals surface area contributed by atoms with E-state index in [1.54, 1.807) is 0 Å². The van der Waals surface area contributed by atoms with Crippen LogP contribution >= 0.6 is 24.8 Å². The maximum Gasteiger partial charge on any atom is 0.0900 e. The predicted octanol–water partition coefficient (Wildman–Crippen LogP) is 3.46. The fraction of sp³-hybridized carbons (Fsp3) is 0.727. The van der Waals surface area contributed by atoms with E-state index in [0.29, 0.717) is 6.61 Å². The molecule has 28 heavy (non-hydrogen) atoms. The van der Waals surface area contributed by atoms with Crippen molar-refractivity contribution in [3.63, 3.8) is 0 Å². The fourth-order valence-electron chi connectivity index (χ4n) is 5.26. The van der Waals surface area contributed by atoms with Crippen molar-refractivity contribution >= 4 is 24.8 Å². The van der Waals surface area contributed by atoms with Crippen molar-refractivity contribution in [1.82, 2.24) is 9.80 Å². The molecule has 1 N–H and O–H groups in total. The Kier molecular flexibility index (Phi) is 10.0. The summed E-state index contributed by atoms with van der Waals surface area (Å²) in [5, 5.41) is 10.3. The molecule has 3 aliphatic rings. The van der Waals surface area contributed by atoms with Crippen LogP contribution in [0.5, 0.6) is 0 Å². The maximum absolute atomic E-state index is 10.3. The maximum atomic E-state index is 10.3. The molecule has 6 heteroatoms. The standard InChI is InChI=1S/C22H34N2O2.2ClH/c25-22(17-26-16-21-13-19-6-7-20(21)12-19)15-24-10-8-23(9-11-24)14-18-4-2-1-3-5-18;;/h1-5,19-22,25H,6-17H2;2*1H. The van der Waals surface area contributed by atoms with Crippen LogP contribution in [0.1, 0.15) is 31.2 Å². The summed E-state index contributed by atoms with van der Waals surface area (Å²) in [6.45, 7) is 7.37. The molecule has 0 amide bonds. The van der Waals surface area contributed by atoms with Crippen LogP contribution < -0.4 is 0 Å². The topological polar surface area (TPSA) is 35.9 Å². The Bertz CT molecular complexity index is 555. The van der Waals surface area contributed by atoms with Crippen molar-refractivity contribution in [2.45, 2.75) is 38.3 Å². The molecule has 2 saturated carbocycles. The third kappa shape index (κ3) is 6.58. The van der Waals surface area contributed by atoms with Gasteiger partial charge in [0, 0.05) is 45.9 Å². The van der Waals surface area contributed by atoms with Crippen LogP contribution in [0.3, 0.4) is 0 Å². The van der Waals surface area contributed by atoms with Crippen LogP contribution in [0.2, 0.25) is 0 Å². The minimum absolute atomic E-state index is 0. The highest BCUT2D eigenvalue weighted by molar-refractivity contribution is 5.85. The first-order valence-corrected chi connectivity index (χ1v) is 10.5. The van der Waals surface area contributed by atoms with Crippen molar-refractivity contribution in [2.75, 3.05) is 45.9 Å². The molecule has 0 spiro atoms. The second kappa shape index (κ2) is 11.7. The number of rotatable bonds is 8. The summed E-state index contributed by atoms with van der Waals surface area (Å²) in [5.41, 5.74) is 1.38. The lowest BCUT2D eigenvalue weighted by atomic mass is 9.90. The quantitative estimate of drug-likeness (QED) is 0.684. The summed E-state index contributed by atoms with van der Waals surface area (Å²) in [5.74, 6) is 2.66. The molecule has 1 heterocycles. The van der Waals surface area contributed by atoms with Crippen molar-refractivity contribution in [2.24, 2.45) is 17.8 Å². The lowest BCUT2D eigenvalue weighted by Crippen LogP contribution is -2.48. The molecular weight excluding hydrogens is 395 g/mol. The molecule has 2 aliphatic carbocycles. The van der Waals surface area contributed by atoms with Crippen LogP contribution in [0.4, 0.5) is 0 Å². The molecule has 2 bridgehead atoms. The number of halogens is 2. The first-order valence-electron chi connectivity index (χ1n) is 10.5. The van der Waals surface area contributed by atoms with Crippen LogP contribution in [0, 0.1) is 17.8 Å². The van der Waals surface area contributed by atoms with Gasteiger partial charge in [0.15, 0.2) is 0 Å². The van der Waals surface area contributed by atoms with Crippen molar-refractivity contribution in [3.8, 4) is 0 Å². The van der Waals surface area contributed by atoms with E-state index >= 15 is 0 Å². The number of piperazine rings is 1. The second-order valence-corrected chi connectivity index (χ2v) is 8.69. The number of aliphatic hydroxyl groups excluding tert-OH is 1. The Morgan fingerprint density at radius 3 is 2.32 bits per heavy atom. The Balaban J connectivity index is 0.00000140. The van der Waals surface area contributed by atoms with E-state index in [2.05, 4.69) is 40.1 Å². The minimum Gasteiger partial charge on any atom is -0.389 e. The highest BCUT2D eigenvalue weighted by atomic mass is 35.5. The van der Waals surface area contributed by atoms with Crippen LogP contribution in [-0.2, 0) is 11.3 Å². The van der Waals surface area contributed by atoms with Gasteiger partial charge >= 0.3 is 0 Å². The molecule has 4 rings (SSSR count). The third-order valence-electron chi connectivity index (χ3n) is 6.71. The van der Waals surface area contributed by atoms with Crippen LogP contribution in [-0.4, -0.2) is 66.9 Å². The van der Waals surface area contributed by atoms with Gasteiger partial charge in [-0.25, -0.2) is 0 Å². The van der Waals surface area contributed by atoms with Crippen molar-refractivity contribution in [1.29, 1.82) is 0 Å². The third-order valence-corrected chi connectivity index (χ3v) is 6.71. The molecule has 1 aromatic rings. The number of β-amino-alcohol motifs (C(OH)–C–C–N with tert-alkyl or cyclic N) is 1. The number of fused-ring (bicyclic) bond motifs is 2. The van der Waals surface area contributed by atoms with Gasteiger partial charge in [-0.3, -0.25) is 9.80 Å². The molecule has 4 atom stereocenters. The van der Waals surface area contributed by atoms with E-state index in [9.17, 15) is 5.11 Å². The first kappa shape index (κ1) is 23.9. The largest absolute Gasteiger partial charge is 0.389 e. The molecular formula is C22H36Cl2N2O2. The second-order valence-electron chi connectivity index (χ2n) is 8.69. The first-order chi connectivity index (χ1) is 12.8. The van der Waals surface area contributed by atoms with E-state index in [1.807, 2.05) is 0 Å². The van der Waals surface area contributed by atoms with Crippen LogP contribution in [0.15, 0.2) is 30.3 Å². The smallest absolute Gasteiger partial charge is 0.0900 e. The molecule has 1 aliphatic heterocycles. The molecule has 3 fully saturated rings. The Morgan fingerprint density at radius 2 is 1.68 bits per heavy atom. The Morgan fingerprint density at radius 1 is 0.964 bits per heavy atom. The van der Waals surface area contributed by atoms with E-state index in [1.165, 1.54) is 31.2 Å². The summed E-state index contributed by atoms with van der Waals surface area (Å²) in [4.78, 5) is 4.89. The Labute approximate surface area is 182 Å². The molecule has 0 aromatic heterocycles. The zero-order valence-electron chi connectivity index (χ0n) is 16.7.